The van der Waals surface area contributed by atoms with Crippen molar-refractivity contribution in [2.45, 2.75) is 12.4 Å². The lowest BCUT2D eigenvalue weighted by atomic mass is 10.2. The van der Waals surface area contributed by atoms with Crippen LogP contribution in [0.25, 0.3) is 0 Å². The van der Waals surface area contributed by atoms with Crippen molar-refractivity contribution in [2.75, 3.05) is 13.2 Å². The summed E-state index contributed by atoms with van der Waals surface area (Å²) in [5.41, 5.74) is 0.657. The van der Waals surface area contributed by atoms with Crippen molar-refractivity contribution in [2.24, 2.45) is 0 Å². The molecular formula is C16H15NO5. The van der Waals surface area contributed by atoms with E-state index in [1.807, 2.05) is 30.3 Å². The molecule has 0 radical (unpaired) electrons. The Hall–Kier alpha value is -2.44. The normalized spacial score (nSPS) is 20.7. The number of nitro groups is 1. The zero-order valence-corrected chi connectivity index (χ0v) is 11.8. The molecule has 1 saturated heterocycles. The summed E-state index contributed by atoms with van der Waals surface area (Å²) in [7, 11) is 0. The number of hydrogen-bond acceptors (Lipinski definition) is 5. The average molecular weight is 301 g/mol. The van der Waals surface area contributed by atoms with Gasteiger partial charge in [0.1, 0.15) is 18.5 Å². The summed E-state index contributed by atoms with van der Waals surface area (Å²) in [6, 6.07) is 15.7. The average Bonchev–Trinajstić information content (AvgIpc) is 3.03. The molecule has 0 amide bonds. The third-order valence-corrected chi connectivity index (χ3v) is 3.28. The summed E-state index contributed by atoms with van der Waals surface area (Å²) in [6.07, 6.45) is -0.797. The van der Waals surface area contributed by atoms with Crippen LogP contribution in [0.3, 0.4) is 0 Å². The van der Waals surface area contributed by atoms with Gasteiger partial charge in [-0.05, 0) is 12.1 Å². The number of hydrogen-bond donors (Lipinski definition) is 0. The zero-order chi connectivity index (χ0) is 15.4. The molecule has 2 aromatic carbocycles. The first kappa shape index (κ1) is 14.5. The molecule has 1 fully saturated rings. The predicted octanol–water partition coefficient (Wildman–Crippen LogP) is 3.09. The van der Waals surface area contributed by atoms with E-state index in [1.165, 1.54) is 12.1 Å². The van der Waals surface area contributed by atoms with Crippen LogP contribution in [0.5, 0.6) is 5.75 Å². The van der Waals surface area contributed by atoms with Gasteiger partial charge in [0.2, 0.25) is 0 Å². The number of non-ortho nitro benzene ring substituents is 1. The maximum atomic E-state index is 10.8. The van der Waals surface area contributed by atoms with E-state index in [4.69, 9.17) is 14.2 Å². The van der Waals surface area contributed by atoms with Crippen LogP contribution in [0.1, 0.15) is 11.9 Å². The van der Waals surface area contributed by atoms with Crippen LogP contribution in [0.4, 0.5) is 5.69 Å². The molecule has 0 unspecified atom stereocenters. The Morgan fingerprint density at radius 2 is 2.00 bits per heavy atom. The lowest BCUT2D eigenvalue weighted by Crippen LogP contribution is -2.19. The fourth-order valence-corrected chi connectivity index (χ4v) is 2.20. The predicted molar refractivity (Wildman–Crippen MR) is 78.6 cm³/mol. The first-order valence-electron chi connectivity index (χ1n) is 6.91. The van der Waals surface area contributed by atoms with E-state index in [9.17, 15) is 10.1 Å². The first-order chi connectivity index (χ1) is 10.7. The Labute approximate surface area is 127 Å². The lowest BCUT2D eigenvalue weighted by molar-refractivity contribution is -0.385. The van der Waals surface area contributed by atoms with Gasteiger partial charge in [0.05, 0.1) is 11.5 Å². The van der Waals surface area contributed by atoms with E-state index >= 15 is 0 Å². The van der Waals surface area contributed by atoms with Crippen LogP contribution in [0.15, 0.2) is 54.6 Å². The van der Waals surface area contributed by atoms with E-state index in [0.717, 1.165) is 5.75 Å². The van der Waals surface area contributed by atoms with Gasteiger partial charge in [-0.25, -0.2) is 0 Å². The lowest BCUT2D eigenvalue weighted by Gasteiger charge is -2.12. The molecule has 6 nitrogen and oxygen atoms in total. The van der Waals surface area contributed by atoms with Crippen molar-refractivity contribution in [3.63, 3.8) is 0 Å². The summed E-state index contributed by atoms with van der Waals surface area (Å²) in [5.74, 6) is 0.768. The van der Waals surface area contributed by atoms with Crippen LogP contribution in [0, 0.1) is 10.1 Å². The smallest absolute Gasteiger partial charge is 0.269 e. The van der Waals surface area contributed by atoms with Gasteiger partial charge in [0.15, 0.2) is 6.29 Å². The van der Waals surface area contributed by atoms with Crippen molar-refractivity contribution < 1.29 is 19.1 Å². The van der Waals surface area contributed by atoms with Gasteiger partial charge in [0.25, 0.3) is 5.69 Å². The Morgan fingerprint density at radius 3 is 2.77 bits per heavy atom. The molecule has 0 bridgehead atoms. The number of benzene rings is 2. The Morgan fingerprint density at radius 1 is 1.18 bits per heavy atom. The van der Waals surface area contributed by atoms with E-state index in [-0.39, 0.29) is 11.8 Å². The fourth-order valence-electron chi connectivity index (χ4n) is 2.20. The summed E-state index contributed by atoms with van der Waals surface area (Å²) in [6.45, 7) is 0.760. The van der Waals surface area contributed by atoms with E-state index in [2.05, 4.69) is 0 Å². The van der Waals surface area contributed by atoms with Gasteiger partial charge in [-0.2, -0.15) is 0 Å². The highest BCUT2D eigenvalue weighted by atomic mass is 16.7. The third-order valence-electron chi connectivity index (χ3n) is 3.28. The molecule has 0 aliphatic carbocycles. The molecule has 1 heterocycles. The summed E-state index contributed by atoms with van der Waals surface area (Å²) in [5, 5.41) is 10.8. The van der Waals surface area contributed by atoms with Crippen LogP contribution >= 0.6 is 0 Å². The van der Waals surface area contributed by atoms with Gasteiger partial charge < -0.3 is 14.2 Å². The number of para-hydroxylation sites is 1. The van der Waals surface area contributed by atoms with Gasteiger partial charge in [-0.3, -0.25) is 10.1 Å². The second kappa shape index (κ2) is 6.55. The zero-order valence-electron chi connectivity index (χ0n) is 11.8. The molecule has 2 aromatic rings. The Kier molecular flexibility index (Phi) is 4.32. The van der Waals surface area contributed by atoms with Crippen molar-refractivity contribution in [1.82, 2.24) is 0 Å². The van der Waals surface area contributed by atoms with Crippen LogP contribution < -0.4 is 4.74 Å². The topological polar surface area (TPSA) is 70.8 Å². The van der Waals surface area contributed by atoms with E-state index < -0.39 is 11.2 Å². The molecule has 0 N–H and O–H groups in total. The van der Waals surface area contributed by atoms with Crippen LogP contribution in [-0.2, 0) is 9.47 Å². The molecule has 0 aromatic heterocycles. The van der Waals surface area contributed by atoms with Crippen molar-refractivity contribution in [3.8, 4) is 5.75 Å². The van der Waals surface area contributed by atoms with Gasteiger partial charge in [0, 0.05) is 17.7 Å². The molecule has 2 atom stereocenters. The molecule has 3 rings (SSSR count). The third kappa shape index (κ3) is 3.41. The molecule has 0 spiro atoms. The van der Waals surface area contributed by atoms with Crippen molar-refractivity contribution in [3.05, 3.63) is 70.3 Å². The van der Waals surface area contributed by atoms with Gasteiger partial charge in [-0.1, -0.05) is 30.3 Å². The SMILES string of the molecule is O=[N+]([O-])c1cccc([C@@H]2OC[C@@H](COc3ccccc3)O2)c1. The molecular weight excluding hydrogens is 286 g/mol. The number of rotatable bonds is 5. The molecule has 114 valence electrons. The quantitative estimate of drug-likeness (QED) is 0.627. The molecule has 6 heteroatoms. The van der Waals surface area contributed by atoms with Gasteiger partial charge in [-0.15, -0.1) is 0 Å². The monoisotopic (exact) mass is 301 g/mol. The van der Waals surface area contributed by atoms with Gasteiger partial charge >= 0.3 is 0 Å². The highest BCUT2D eigenvalue weighted by molar-refractivity contribution is 5.35. The highest BCUT2D eigenvalue weighted by Crippen LogP contribution is 2.29. The maximum absolute atomic E-state index is 10.8. The molecule has 0 saturated carbocycles. The summed E-state index contributed by atoms with van der Waals surface area (Å²) in [4.78, 5) is 10.4. The second-order valence-electron chi connectivity index (χ2n) is 4.90. The summed E-state index contributed by atoms with van der Waals surface area (Å²) >= 11 is 0. The number of nitrogens with zero attached hydrogens (tertiary/aromatic N) is 1. The largest absolute Gasteiger partial charge is 0.491 e. The van der Waals surface area contributed by atoms with Crippen molar-refractivity contribution >= 4 is 5.69 Å². The van der Waals surface area contributed by atoms with E-state index in [0.29, 0.717) is 18.8 Å². The standard InChI is InChI=1S/C16H15NO5/c18-17(19)13-6-4-5-12(9-13)16-21-11-15(22-16)10-20-14-7-2-1-3-8-14/h1-9,15-16H,10-11H2/t15-,16-/m1/s1. The summed E-state index contributed by atoms with van der Waals surface area (Å²) < 4.78 is 16.9. The Balaban J connectivity index is 1.58. The first-order valence-corrected chi connectivity index (χ1v) is 6.91. The van der Waals surface area contributed by atoms with Crippen LogP contribution in [-0.4, -0.2) is 24.2 Å². The molecule has 1 aliphatic heterocycles. The minimum Gasteiger partial charge on any atom is -0.491 e. The second-order valence-corrected chi connectivity index (χ2v) is 4.90. The minimum atomic E-state index is -0.593. The minimum absolute atomic E-state index is 0.0219. The van der Waals surface area contributed by atoms with E-state index in [1.54, 1.807) is 12.1 Å². The highest BCUT2D eigenvalue weighted by Gasteiger charge is 2.28. The molecule has 1 aliphatic rings. The maximum Gasteiger partial charge on any atom is 0.269 e. The Bertz CT molecular complexity index is 646. The number of nitro benzene ring substituents is 1. The van der Waals surface area contributed by atoms with Crippen LogP contribution in [0.2, 0.25) is 0 Å². The van der Waals surface area contributed by atoms with Crippen molar-refractivity contribution in [1.29, 1.82) is 0 Å². The fraction of sp³-hybridized carbons (Fsp3) is 0.250. The molecule has 22 heavy (non-hydrogen) atoms. The number of ether oxygens (including phenoxy) is 3.